The first-order valence-electron chi connectivity index (χ1n) is 7.30. The summed E-state index contributed by atoms with van der Waals surface area (Å²) in [6.45, 7) is 8.38. The summed E-state index contributed by atoms with van der Waals surface area (Å²) in [5.41, 5.74) is 0.478. The Hall–Kier alpha value is -2.17. The number of ether oxygens (including phenoxy) is 3. The van der Waals surface area contributed by atoms with Crippen molar-refractivity contribution < 1.29 is 19.0 Å². The van der Waals surface area contributed by atoms with Gasteiger partial charge in [-0.1, -0.05) is 18.2 Å². The van der Waals surface area contributed by atoms with Crippen molar-refractivity contribution in [3.63, 3.8) is 0 Å². The summed E-state index contributed by atoms with van der Waals surface area (Å²) in [6, 6.07) is 5.67. The predicted octanol–water partition coefficient (Wildman–Crippen LogP) is 3.63. The summed E-state index contributed by atoms with van der Waals surface area (Å²) >= 11 is 0. The maximum Gasteiger partial charge on any atom is 0.407 e. The van der Waals surface area contributed by atoms with Crippen molar-refractivity contribution in [2.45, 2.75) is 33.3 Å². The average molecular weight is 307 g/mol. The van der Waals surface area contributed by atoms with Crippen LogP contribution in [0.5, 0.6) is 11.5 Å². The van der Waals surface area contributed by atoms with Crippen LogP contribution in [-0.2, 0) is 4.74 Å². The number of methoxy groups -OCH3 is 1. The molecule has 122 valence electrons. The smallest absolute Gasteiger partial charge is 0.407 e. The fourth-order valence-electron chi connectivity index (χ4n) is 1.72. The highest BCUT2D eigenvalue weighted by molar-refractivity contribution is 5.68. The van der Waals surface area contributed by atoms with Crippen LogP contribution in [0.1, 0.15) is 33.3 Å². The summed E-state index contributed by atoms with van der Waals surface area (Å²) in [6.07, 6.45) is 3.32. The standard InChI is InChI=1S/C17H25NO4/c1-6-21-15-12-13(9-10-14(15)20-5)8-7-11-18-16(19)22-17(2,3)4/h7-10,12H,6,11H2,1-5H3,(H,18,19). The van der Waals surface area contributed by atoms with Gasteiger partial charge in [-0.25, -0.2) is 4.79 Å². The van der Waals surface area contributed by atoms with Crippen molar-refractivity contribution in [3.8, 4) is 11.5 Å². The number of alkyl carbamates (subject to hydrolysis) is 1. The number of nitrogens with one attached hydrogen (secondary N) is 1. The highest BCUT2D eigenvalue weighted by Crippen LogP contribution is 2.28. The van der Waals surface area contributed by atoms with Crippen LogP contribution in [0.2, 0.25) is 0 Å². The Balaban J connectivity index is 2.56. The molecule has 5 heteroatoms. The summed E-state index contributed by atoms with van der Waals surface area (Å²) in [5.74, 6) is 1.40. The maximum atomic E-state index is 11.5. The van der Waals surface area contributed by atoms with Crippen molar-refractivity contribution >= 4 is 12.2 Å². The zero-order chi connectivity index (χ0) is 16.6. The van der Waals surface area contributed by atoms with Crippen LogP contribution < -0.4 is 14.8 Å². The van der Waals surface area contributed by atoms with Gasteiger partial charge in [-0.2, -0.15) is 0 Å². The molecule has 1 aromatic rings. The van der Waals surface area contributed by atoms with E-state index in [0.717, 1.165) is 5.56 Å². The number of hydrogen-bond donors (Lipinski definition) is 1. The van der Waals surface area contributed by atoms with Gasteiger partial charge in [0.1, 0.15) is 5.60 Å². The Morgan fingerprint density at radius 2 is 2.00 bits per heavy atom. The first kappa shape index (κ1) is 17.9. The number of hydrogen-bond acceptors (Lipinski definition) is 4. The topological polar surface area (TPSA) is 56.8 Å². The molecule has 1 amide bonds. The monoisotopic (exact) mass is 307 g/mol. The molecule has 0 aliphatic heterocycles. The molecule has 0 saturated carbocycles. The van der Waals surface area contributed by atoms with Crippen LogP contribution in [-0.4, -0.2) is 32.0 Å². The third-order valence-corrected chi connectivity index (χ3v) is 2.56. The third kappa shape index (κ3) is 6.52. The number of amides is 1. The second-order valence-electron chi connectivity index (χ2n) is 5.63. The SMILES string of the molecule is CCOc1cc(C=CCNC(=O)OC(C)(C)C)ccc1OC. The van der Waals surface area contributed by atoms with E-state index >= 15 is 0 Å². The van der Waals surface area contributed by atoms with Crippen molar-refractivity contribution in [3.05, 3.63) is 29.8 Å². The fourth-order valence-corrected chi connectivity index (χ4v) is 1.72. The van der Waals surface area contributed by atoms with E-state index in [1.54, 1.807) is 7.11 Å². The molecule has 0 aliphatic rings. The maximum absolute atomic E-state index is 11.5. The van der Waals surface area contributed by atoms with E-state index in [0.29, 0.717) is 24.7 Å². The highest BCUT2D eigenvalue weighted by atomic mass is 16.6. The highest BCUT2D eigenvalue weighted by Gasteiger charge is 2.14. The quantitative estimate of drug-likeness (QED) is 0.872. The van der Waals surface area contributed by atoms with Gasteiger partial charge >= 0.3 is 6.09 Å². The molecule has 1 N–H and O–H groups in total. The van der Waals surface area contributed by atoms with Crippen LogP contribution in [0.3, 0.4) is 0 Å². The van der Waals surface area contributed by atoms with Gasteiger partial charge in [0, 0.05) is 6.54 Å². The first-order chi connectivity index (χ1) is 10.4. The molecule has 22 heavy (non-hydrogen) atoms. The molecule has 0 fully saturated rings. The van der Waals surface area contributed by atoms with Gasteiger partial charge in [0.2, 0.25) is 0 Å². The lowest BCUT2D eigenvalue weighted by atomic mass is 10.2. The molecular weight excluding hydrogens is 282 g/mol. The van der Waals surface area contributed by atoms with Crippen LogP contribution in [0.4, 0.5) is 4.79 Å². The van der Waals surface area contributed by atoms with E-state index in [4.69, 9.17) is 14.2 Å². The Morgan fingerprint density at radius 3 is 2.59 bits per heavy atom. The summed E-state index contributed by atoms with van der Waals surface area (Å²) < 4.78 is 15.9. The number of carbonyl (C=O) groups is 1. The number of rotatable bonds is 6. The van der Waals surface area contributed by atoms with Gasteiger partial charge in [-0.3, -0.25) is 0 Å². The van der Waals surface area contributed by atoms with Crippen LogP contribution in [0.25, 0.3) is 6.08 Å². The lowest BCUT2D eigenvalue weighted by molar-refractivity contribution is 0.0534. The van der Waals surface area contributed by atoms with Crippen molar-refractivity contribution in [1.82, 2.24) is 5.32 Å². The van der Waals surface area contributed by atoms with E-state index < -0.39 is 11.7 Å². The van der Waals surface area contributed by atoms with E-state index in [9.17, 15) is 4.79 Å². The molecule has 0 saturated heterocycles. The van der Waals surface area contributed by atoms with Gasteiger partial charge in [0.05, 0.1) is 13.7 Å². The molecule has 0 heterocycles. The van der Waals surface area contributed by atoms with Crippen LogP contribution in [0.15, 0.2) is 24.3 Å². The summed E-state index contributed by atoms with van der Waals surface area (Å²) in [4.78, 5) is 11.5. The Morgan fingerprint density at radius 1 is 1.27 bits per heavy atom. The fraction of sp³-hybridized carbons (Fsp3) is 0.471. The lowest BCUT2D eigenvalue weighted by Crippen LogP contribution is -2.32. The molecule has 5 nitrogen and oxygen atoms in total. The largest absolute Gasteiger partial charge is 0.493 e. The zero-order valence-corrected chi connectivity index (χ0v) is 13.9. The molecule has 0 aromatic heterocycles. The second-order valence-corrected chi connectivity index (χ2v) is 5.63. The molecule has 1 rings (SSSR count). The Labute approximate surface area is 132 Å². The molecule has 0 radical (unpaired) electrons. The van der Waals surface area contributed by atoms with E-state index in [-0.39, 0.29) is 0 Å². The van der Waals surface area contributed by atoms with Crippen molar-refractivity contribution in [2.24, 2.45) is 0 Å². The average Bonchev–Trinajstić information content (AvgIpc) is 2.42. The minimum atomic E-state index is -0.490. The van der Waals surface area contributed by atoms with Gasteiger partial charge in [0.15, 0.2) is 11.5 Å². The molecule has 0 unspecified atom stereocenters. The number of benzene rings is 1. The van der Waals surface area contributed by atoms with E-state index in [1.165, 1.54) is 0 Å². The molecule has 1 aromatic carbocycles. The molecule has 0 aliphatic carbocycles. The first-order valence-corrected chi connectivity index (χ1v) is 7.30. The molecule has 0 spiro atoms. The Bertz CT molecular complexity index is 518. The normalized spacial score (nSPS) is 11.3. The van der Waals surface area contributed by atoms with Crippen LogP contribution >= 0.6 is 0 Å². The Kier molecular flexibility index (Phi) is 6.76. The molecule has 0 bridgehead atoms. The van der Waals surface area contributed by atoms with Crippen LogP contribution in [0, 0.1) is 0 Å². The minimum Gasteiger partial charge on any atom is -0.493 e. The van der Waals surface area contributed by atoms with E-state index in [1.807, 2.05) is 58.0 Å². The summed E-state index contributed by atoms with van der Waals surface area (Å²) in [7, 11) is 1.61. The minimum absolute atomic E-state index is 0.394. The zero-order valence-electron chi connectivity index (χ0n) is 13.9. The number of carbonyl (C=O) groups excluding carboxylic acids is 1. The lowest BCUT2D eigenvalue weighted by Gasteiger charge is -2.19. The van der Waals surface area contributed by atoms with Crippen molar-refractivity contribution in [1.29, 1.82) is 0 Å². The van der Waals surface area contributed by atoms with Gasteiger partial charge in [-0.05, 0) is 45.4 Å². The van der Waals surface area contributed by atoms with Gasteiger partial charge in [0.25, 0.3) is 0 Å². The van der Waals surface area contributed by atoms with Gasteiger partial charge in [-0.15, -0.1) is 0 Å². The summed E-state index contributed by atoms with van der Waals surface area (Å²) in [5, 5.41) is 2.67. The third-order valence-electron chi connectivity index (χ3n) is 2.56. The van der Waals surface area contributed by atoms with E-state index in [2.05, 4.69) is 5.32 Å². The predicted molar refractivity (Wildman–Crippen MR) is 87.4 cm³/mol. The molecular formula is C17H25NO4. The van der Waals surface area contributed by atoms with Crippen molar-refractivity contribution in [2.75, 3.05) is 20.3 Å². The second kappa shape index (κ2) is 8.32. The van der Waals surface area contributed by atoms with Gasteiger partial charge < -0.3 is 19.5 Å². The molecule has 0 atom stereocenters.